The zero-order valence-electron chi connectivity index (χ0n) is 9.77. The predicted octanol–water partition coefficient (Wildman–Crippen LogP) is 3.23. The van der Waals surface area contributed by atoms with Crippen LogP contribution in [0.1, 0.15) is 32.6 Å². The number of aliphatic carboxylic acids is 1. The fraction of sp³-hybridized carbons (Fsp3) is 0.900. The predicted molar refractivity (Wildman–Crippen MR) is 52.5 cm³/mol. The molecule has 1 unspecified atom stereocenters. The van der Waals surface area contributed by atoms with E-state index in [1.807, 2.05) is 0 Å². The Morgan fingerprint density at radius 2 is 1.78 bits per heavy atom. The molecule has 1 atom stereocenters. The smallest absolute Gasteiger partial charge is 0.453 e. The summed E-state index contributed by atoms with van der Waals surface area (Å²) in [6, 6.07) is 0. The number of unbranched alkanes of at least 4 members (excludes halogenated alkanes) is 1. The largest absolute Gasteiger partial charge is 0.479 e. The van der Waals surface area contributed by atoms with Crippen molar-refractivity contribution in [3.63, 3.8) is 0 Å². The summed E-state index contributed by atoms with van der Waals surface area (Å²) in [6.45, 7) is 1.41. The Kier molecular flexibility index (Phi) is 6.51. The molecule has 0 saturated carbocycles. The molecule has 0 amide bonds. The number of alkyl halides is 5. The van der Waals surface area contributed by atoms with Gasteiger partial charge in [0.15, 0.2) is 6.10 Å². The quantitative estimate of drug-likeness (QED) is 0.547. The van der Waals surface area contributed by atoms with Gasteiger partial charge in [-0.25, -0.2) is 4.79 Å². The van der Waals surface area contributed by atoms with Gasteiger partial charge in [0.05, 0.1) is 0 Å². The van der Waals surface area contributed by atoms with Crippen molar-refractivity contribution in [2.75, 3.05) is 6.61 Å². The minimum Gasteiger partial charge on any atom is -0.479 e. The van der Waals surface area contributed by atoms with E-state index in [9.17, 15) is 26.7 Å². The molecule has 0 fully saturated rings. The fourth-order valence-electron chi connectivity index (χ4n) is 1.18. The topological polar surface area (TPSA) is 46.5 Å². The van der Waals surface area contributed by atoms with Crippen LogP contribution in [0.15, 0.2) is 0 Å². The van der Waals surface area contributed by atoms with Crippen molar-refractivity contribution in [2.24, 2.45) is 0 Å². The number of carbonyl (C=O) groups is 1. The van der Waals surface area contributed by atoms with Crippen LogP contribution in [0.4, 0.5) is 22.0 Å². The Balaban J connectivity index is 3.85. The third-order valence-electron chi connectivity index (χ3n) is 2.27. The molecule has 0 aromatic heterocycles. The van der Waals surface area contributed by atoms with Gasteiger partial charge < -0.3 is 9.84 Å². The summed E-state index contributed by atoms with van der Waals surface area (Å²) in [6.07, 6.45) is -8.13. The van der Waals surface area contributed by atoms with E-state index in [0.29, 0.717) is 0 Å². The van der Waals surface area contributed by atoms with E-state index in [4.69, 9.17) is 9.84 Å². The van der Waals surface area contributed by atoms with Gasteiger partial charge in [0.2, 0.25) is 0 Å². The number of hydrogen-bond acceptors (Lipinski definition) is 2. The lowest BCUT2D eigenvalue weighted by molar-refractivity contribution is -0.284. The van der Waals surface area contributed by atoms with Gasteiger partial charge in [-0.2, -0.15) is 22.0 Å². The van der Waals surface area contributed by atoms with Crippen LogP contribution in [0.3, 0.4) is 0 Å². The molecule has 0 spiro atoms. The van der Waals surface area contributed by atoms with E-state index in [-0.39, 0.29) is 25.9 Å². The summed E-state index contributed by atoms with van der Waals surface area (Å²) in [5, 5.41) is 8.57. The summed E-state index contributed by atoms with van der Waals surface area (Å²) in [5.74, 6) is -5.89. The van der Waals surface area contributed by atoms with Crippen molar-refractivity contribution in [3.8, 4) is 0 Å². The van der Waals surface area contributed by atoms with Crippen molar-refractivity contribution >= 4 is 5.97 Å². The molecule has 3 nitrogen and oxygen atoms in total. The molecule has 0 aliphatic rings. The second kappa shape index (κ2) is 6.86. The lowest BCUT2D eigenvalue weighted by Gasteiger charge is -2.19. The van der Waals surface area contributed by atoms with Gasteiger partial charge in [0, 0.05) is 13.0 Å². The molecule has 18 heavy (non-hydrogen) atoms. The van der Waals surface area contributed by atoms with Gasteiger partial charge in [-0.3, -0.25) is 0 Å². The highest BCUT2D eigenvalue weighted by atomic mass is 19.4. The van der Waals surface area contributed by atoms with Crippen molar-refractivity contribution < 1.29 is 36.6 Å². The van der Waals surface area contributed by atoms with Gasteiger partial charge in [-0.05, 0) is 19.3 Å². The van der Waals surface area contributed by atoms with Crippen LogP contribution in [-0.4, -0.2) is 35.9 Å². The molecule has 0 bridgehead atoms. The average molecular weight is 278 g/mol. The molecular weight excluding hydrogens is 263 g/mol. The van der Waals surface area contributed by atoms with Crippen LogP contribution in [0, 0.1) is 0 Å². The molecule has 0 aliphatic heterocycles. The molecule has 0 aromatic carbocycles. The van der Waals surface area contributed by atoms with Crippen LogP contribution < -0.4 is 0 Å². The maximum absolute atomic E-state index is 12.5. The standard InChI is InChI=1S/C10H15F5O3/c1-2-7(8(16)17)18-6-4-3-5-9(11,12)10(13,14)15/h7H,2-6H2,1H3,(H,16,17). The summed E-state index contributed by atoms with van der Waals surface area (Å²) in [4.78, 5) is 10.5. The minimum absolute atomic E-state index is 0.0462. The molecule has 1 N–H and O–H groups in total. The number of carboxylic acids is 1. The first-order valence-corrected chi connectivity index (χ1v) is 5.40. The van der Waals surface area contributed by atoms with Crippen molar-refractivity contribution in [1.29, 1.82) is 0 Å². The lowest BCUT2D eigenvalue weighted by atomic mass is 10.1. The van der Waals surface area contributed by atoms with Gasteiger partial charge >= 0.3 is 18.1 Å². The average Bonchev–Trinajstić information content (AvgIpc) is 2.20. The summed E-state index contributed by atoms with van der Waals surface area (Å²) in [5.41, 5.74) is 0. The van der Waals surface area contributed by atoms with E-state index < -0.39 is 30.6 Å². The number of hydrogen-bond donors (Lipinski definition) is 1. The van der Waals surface area contributed by atoms with Crippen LogP contribution in [0.25, 0.3) is 0 Å². The monoisotopic (exact) mass is 278 g/mol. The van der Waals surface area contributed by atoms with E-state index in [2.05, 4.69) is 0 Å². The Hall–Kier alpha value is -0.920. The van der Waals surface area contributed by atoms with Crippen LogP contribution in [0.2, 0.25) is 0 Å². The first-order valence-electron chi connectivity index (χ1n) is 5.40. The van der Waals surface area contributed by atoms with Gasteiger partial charge in [0.1, 0.15) is 0 Å². The van der Waals surface area contributed by atoms with Crippen molar-refractivity contribution in [3.05, 3.63) is 0 Å². The first kappa shape index (κ1) is 17.1. The summed E-state index contributed by atoms with van der Waals surface area (Å²) >= 11 is 0. The Labute approximate surface area is 101 Å². The molecule has 0 aromatic rings. The van der Waals surface area contributed by atoms with E-state index in [1.54, 1.807) is 6.92 Å². The molecule has 0 heterocycles. The molecule has 0 saturated heterocycles. The number of rotatable bonds is 8. The lowest BCUT2D eigenvalue weighted by Crippen LogP contribution is -2.36. The highest BCUT2D eigenvalue weighted by molar-refractivity contribution is 5.72. The summed E-state index contributed by atoms with van der Waals surface area (Å²) < 4.78 is 65.0. The van der Waals surface area contributed by atoms with Crippen molar-refractivity contribution in [1.82, 2.24) is 0 Å². The maximum Gasteiger partial charge on any atom is 0.453 e. The van der Waals surface area contributed by atoms with Crippen molar-refractivity contribution in [2.45, 2.75) is 50.8 Å². The molecule has 0 rings (SSSR count). The number of halogens is 5. The van der Waals surface area contributed by atoms with E-state index >= 15 is 0 Å². The molecule has 0 radical (unpaired) electrons. The zero-order chi connectivity index (χ0) is 14.4. The second-order valence-corrected chi connectivity index (χ2v) is 3.77. The summed E-state index contributed by atoms with van der Waals surface area (Å²) in [7, 11) is 0. The first-order chi connectivity index (χ1) is 8.12. The molecule has 108 valence electrons. The third-order valence-corrected chi connectivity index (χ3v) is 2.27. The Morgan fingerprint density at radius 1 is 1.22 bits per heavy atom. The maximum atomic E-state index is 12.5. The third kappa shape index (κ3) is 5.61. The van der Waals surface area contributed by atoms with Crippen LogP contribution >= 0.6 is 0 Å². The van der Waals surface area contributed by atoms with Gasteiger partial charge in [-0.1, -0.05) is 6.92 Å². The Bertz CT molecular complexity index is 265. The van der Waals surface area contributed by atoms with E-state index in [1.165, 1.54) is 0 Å². The SMILES string of the molecule is CCC(OCCCCC(F)(F)C(F)(F)F)C(=O)O. The van der Waals surface area contributed by atoms with Gasteiger partial charge in [-0.15, -0.1) is 0 Å². The number of carboxylic acid groups (broad SMARTS) is 1. The van der Waals surface area contributed by atoms with Crippen LogP contribution in [-0.2, 0) is 9.53 Å². The van der Waals surface area contributed by atoms with E-state index in [0.717, 1.165) is 0 Å². The Morgan fingerprint density at radius 3 is 2.17 bits per heavy atom. The second-order valence-electron chi connectivity index (χ2n) is 3.77. The minimum atomic E-state index is -5.54. The zero-order valence-corrected chi connectivity index (χ0v) is 9.77. The highest BCUT2D eigenvalue weighted by Gasteiger charge is 2.56. The molecular formula is C10H15F5O3. The molecule has 0 aliphatic carbocycles. The molecule has 8 heteroatoms. The van der Waals surface area contributed by atoms with Gasteiger partial charge in [0.25, 0.3) is 0 Å². The fourth-order valence-corrected chi connectivity index (χ4v) is 1.18. The highest BCUT2D eigenvalue weighted by Crippen LogP contribution is 2.39. The number of ether oxygens (including phenoxy) is 1. The van der Waals surface area contributed by atoms with Crippen LogP contribution in [0.5, 0.6) is 0 Å². The normalized spacial score (nSPS) is 14.6.